The number of nitrogens with two attached hydrogens (primary N) is 1. The lowest BCUT2D eigenvalue weighted by atomic mass is 10.1. The predicted molar refractivity (Wildman–Crippen MR) is 152 cm³/mol. The van der Waals surface area contributed by atoms with E-state index in [9.17, 15) is 53.4 Å². The summed E-state index contributed by atoms with van der Waals surface area (Å²) in [4.78, 5) is 62.4. The lowest BCUT2D eigenvalue weighted by Gasteiger charge is -2.22. The third kappa shape index (κ3) is 8.20. The van der Waals surface area contributed by atoms with Crippen LogP contribution in [0.15, 0.2) is 37.2 Å². The topological polar surface area (TPSA) is 339 Å². The van der Waals surface area contributed by atoms with Gasteiger partial charge in [0.2, 0.25) is 0 Å². The summed E-state index contributed by atoms with van der Waals surface area (Å²) in [6, 6.07) is 2.99. The van der Waals surface area contributed by atoms with Crippen LogP contribution in [0.2, 0.25) is 0 Å². The molecule has 0 bridgehead atoms. The quantitative estimate of drug-likeness (QED) is 0.0544. The summed E-state index contributed by atoms with van der Waals surface area (Å²) >= 11 is 0. The van der Waals surface area contributed by atoms with Gasteiger partial charge in [-0.2, -0.15) is 8.88 Å². The fourth-order valence-corrected chi connectivity index (χ4v) is 7.58. The minimum atomic E-state index is -5.55. The SMILES string of the molecule is CC(=O)c1ccc[n+]([C@@H]2O[C@H](COP(=O)(O)OP(=O)(O)OC[C@@H]3O[C@H](n4cnc5c(N)ncnc54)[C@H](O)[C@@H]3OP(=O)(O)O)[C@@H](O)[C@H]2O)c1. The maximum Gasteiger partial charge on any atom is 0.481 e. The molecule has 0 radical (unpaired) electrons. The normalized spacial score (nSPS) is 30.3. The highest BCUT2D eigenvalue weighted by atomic mass is 31.3. The molecule has 48 heavy (non-hydrogen) atoms. The highest BCUT2D eigenvalue weighted by Gasteiger charge is 2.51. The van der Waals surface area contributed by atoms with Crippen LogP contribution in [0.25, 0.3) is 11.2 Å². The number of Topliss-reactive ketones (excluding diaryl/α,β-unsaturated/α-hetero) is 1. The van der Waals surface area contributed by atoms with E-state index in [0.29, 0.717) is 0 Å². The number of aliphatic hydroxyl groups excluding tert-OH is 3. The fraction of sp³-hybridized carbons (Fsp3) is 0.500. The molecule has 5 rings (SSSR count). The van der Waals surface area contributed by atoms with Gasteiger partial charge in [0.15, 0.2) is 42.0 Å². The molecule has 0 aromatic carbocycles. The Labute approximate surface area is 268 Å². The fourth-order valence-electron chi connectivity index (χ4n) is 4.91. The molecule has 5 heterocycles. The van der Waals surface area contributed by atoms with Gasteiger partial charge in [-0.3, -0.25) is 22.9 Å². The van der Waals surface area contributed by atoms with Crippen molar-refractivity contribution in [3.05, 3.63) is 42.7 Å². The molecule has 2 aliphatic rings. The first-order chi connectivity index (χ1) is 22.4. The van der Waals surface area contributed by atoms with Crippen molar-refractivity contribution < 1.29 is 85.3 Å². The summed E-state index contributed by atoms with van der Waals surface area (Å²) in [6.45, 7) is -0.741. The number of aliphatic hydroxyl groups is 3. The minimum Gasteiger partial charge on any atom is -0.387 e. The van der Waals surface area contributed by atoms with Crippen molar-refractivity contribution in [1.29, 1.82) is 0 Å². The van der Waals surface area contributed by atoms with Crippen LogP contribution in [-0.2, 0) is 41.1 Å². The summed E-state index contributed by atoms with van der Waals surface area (Å²) in [5.74, 6) is -0.328. The standard InChI is InChI=1S/C22H29N6O17P3/c1-10(29)11-3-2-4-27(5-11)21-16(31)15(30)12(42-21)6-40-47(36,37)45-48(38,39)41-7-13-18(44-46(33,34)35)17(32)22(43-13)28-9-26-14-19(23)24-8-25-20(14)28/h2-5,8-9,12-13,15-18,21-22,30-32H,6-7H2,1H3,(H5-,23,24,25,33,34,35,36,37,38,39)/p+1/t12-,13+,15-,16-,17-,18-,21-,22+/m1/s1. The molecule has 0 saturated carbocycles. The molecule has 23 nitrogen and oxygen atoms in total. The van der Waals surface area contributed by atoms with Crippen molar-refractivity contribution in [3.8, 4) is 0 Å². The number of phosphoric acid groups is 3. The Morgan fingerprint density at radius 2 is 1.65 bits per heavy atom. The number of anilines is 1. The first-order valence-corrected chi connectivity index (χ1v) is 18.1. The zero-order chi connectivity index (χ0) is 35.2. The largest absolute Gasteiger partial charge is 0.481 e. The van der Waals surface area contributed by atoms with Crippen molar-refractivity contribution in [2.24, 2.45) is 0 Å². The number of ether oxygens (including phenoxy) is 2. The molecule has 0 amide bonds. The number of phosphoric ester groups is 3. The highest BCUT2D eigenvalue weighted by Crippen LogP contribution is 2.61. The van der Waals surface area contributed by atoms with Gasteiger partial charge in [-0.05, 0) is 13.0 Å². The van der Waals surface area contributed by atoms with E-state index in [1.54, 1.807) is 0 Å². The number of aromatic nitrogens is 5. The third-order valence-corrected chi connectivity index (χ3v) is 10.2. The molecule has 2 unspecified atom stereocenters. The molecule has 26 heteroatoms. The zero-order valence-corrected chi connectivity index (χ0v) is 27.0. The number of nitrogens with zero attached hydrogens (tertiary/aromatic N) is 5. The number of hydrogen-bond donors (Lipinski definition) is 8. The lowest BCUT2D eigenvalue weighted by molar-refractivity contribution is -0.765. The van der Waals surface area contributed by atoms with E-state index < -0.39 is 85.8 Å². The van der Waals surface area contributed by atoms with Gasteiger partial charge in [0.05, 0.1) is 25.1 Å². The Balaban J connectivity index is 1.22. The van der Waals surface area contributed by atoms with Crippen LogP contribution in [0.4, 0.5) is 5.82 Å². The molecule has 3 aromatic heterocycles. The number of hydrogen-bond acceptors (Lipinski definition) is 17. The monoisotopic (exact) mass is 743 g/mol. The average Bonchev–Trinajstić information content (AvgIpc) is 3.64. The van der Waals surface area contributed by atoms with Crippen molar-refractivity contribution >= 4 is 46.2 Å². The van der Waals surface area contributed by atoms with E-state index in [1.807, 2.05) is 0 Å². The van der Waals surface area contributed by atoms with E-state index in [0.717, 1.165) is 17.2 Å². The molecule has 2 saturated heterocycles. The molecule has 2 aliphatic heterocycles. The summed E-state index contributed by atoms with van der Waals surface area (Å²) in [5.41, 5.74) is 6.15. The molecule has 0 spiro atoms. The maximum atomic E-state index is 12.6. The Hall–Kier alpha value is -2.66. The van der Waals surface area contributed by atoms with Gasteiger partial charge < -0.3 is 50.1 Å². The van der Waals surface area contributed by atoms with E-state index in [2.05, 4.69) is 23.8 Å². The molecular weight excluding hydrogens is 713 g/mol. The summed E-state index contributed by atoms with van der Waals surface area (Å²) < 4.78 is 68.6. The van der Waals surface area contributed by atoms with Crippen LogP contribution in [0.1, 0.15) is 29.7 Å². The van der Waals surface area contributed by atoms with Crippen LogP contribution in [0.3, 0.4) is 0 Å². The van der Waals surface area contributed by atoms with Crippen LogP contribution in [0, 0.1) is 0 Å². The number of ketones is 1. The summed E-state index contributed by atoms with van der Waals surface area (Å²) in [6.07, 6.45) is -8.01. The molecule has 0 aliphatic carbocycles. The van der Waals surface area contributed by atoms with Gasteiger partial charge in [0.25, 0.3) is 6.23 Å². The average molecular weight is 743 g/mol. The Bertz CT molecular complexity index is 1810. The van der Waals surface area contributed by atoms with Gasteiger partial charge in [-0.1, -0.05) is 0 Å². The minimum absolute atomic E-state index is 0.0357. The van der Waals surface area contributed by atoms with Crippen molar-refractivity contribution in [2.75, 3.05) is 18.9 Å². The lowest BCUT2D eigenvalue weighted by Crippen LogP contribution is -2.46. The molecule has 264 valence electrons. The Kier molecular flexibility index (Phi) is 10.6. The number of imidazole rings is 1. The number of fused-ring (bicyclic) bond motifs is 1. The van der Waals surface area contributed by atoms with Gasteiger partial charge in [0, 0.05) is 6.07 Å². The number of carbonyl (C=O) groups is 1. The van der Waals surface area contributed by atoms with Crippen molar-refractivity contribution in [3.63, 3.8) is 0 Å². The summed E-state index contributed by atoms with van der Waals surface area (Å²) in [5, 5.41) is 31.7. The number of carbonyl (C=O) groups excluding carboxylic acids is 1. The second kappa shape index (κ2) is 13.9. The smallest absolute Gasteiger partial charge is 0.387 e. The second-order valence-electron chi connectivity index (χ2n) is 10.5. The maximum absolute atomic E-state index is 12.6. The van der Waals surface area contributed by atoms with E-state index >= 15 is 0 Å². The summed E-state index contributed by atoms with van der Waals surface area (Å²) in [7, 11) is -16.3. The second-order valence-corrected chi connectivity index (χ2v) is 14.7. The Morgan fingerprint density at radius 3 is 2.29 bits per heavy atom. The highest BCUT2D eigenvalue weighted by molar-refractivity contribution is 7.61. The zero-order valence-electron chi connectivity index (χ0n) is 24.4. The molecule has 3 aromatic rings. The van der Waals surface area contributed by atoms with E-state index in [1.165, 1.54) is 36.0 Å². The van der Waals surface area contributed by atoms with Gasteiger partial charge in [-0.25, -0.2) is 28.6 Å². The molecule has 10 atom stereocenters. The van der Waals surface area contributed by atoms with Crippen molar-refractivity contribution in [2.45, 2.75) is 56.0 Å². The van der Waals surface area contributed by atoms with Gasteiger partial charge >= 0.3 is 23.5 Å². The van der Waals surface area contributed by atoms with E-state index in [-0.39, 0.29) is 28.3 Å². The van der Waals surface area contributed by atoms with Crippen LogP contribution in [0.5, 0.6) is 0 Å². The number of nitrogen functional groups attached to an aromatic ring is 1. The van der Waals surface area contributed by atoms with Gasteiger partial charge in [-0.15, -0.1) is 0 Å². The van der Waals surface area contributed by atoms with E-state index in [4.69, 9.17) is 24.3 Å². The van der Waals surface area contributed by atoms with Crippen LogP contribution < -0.4 is 10.3 Å². The third-order valence-electron chi connectivity index (χ3n) is 7.10. The molecule has 9 N–H and O–H groups in total. The van der Waals surface area contributed by atoms with Crippen LogP contribution >= 0.6 is 23.5 Å². The van der Waals surface area contributed by atoms with Gasteiger partial charge in [0.1, 0.15) is 42.4 Å². The first-order valence-electron chi connectivity index (χ1n) is 13.6. The predicted octanol–water partition coefficient (Wildman–Crippen LogP) is -1.80. The molecule has 2 fully saturated rings. The van der Waals surface area contributed by atoms with Crippen LogP contribution in [-0.4, -0.2) is 110 Å². The first kappa shape index (κ1) is 36.6. The van der Waals surface area contributed by atoms with Crippen molar-refractivity contribution in [1.82, 2.24) is 19.5 Å². The number of rotatable bonds is 13. The number of pyridine rings is 1. The molecular formula is C22H30N6O17P3+. The Morgan fingerprint density at radius 1 is 0.979 bits per heavy atom.